The minimum absolute atomic E-state index is 0.0927. The number of hydrogen-bond donors (Lipinski definition) is 1. The summed E-state index contributed by atoms with van der Waals surface area (Å²) in [5.74, 6) is 3.67. The van der Waals surface area contributed by atoms with E-state index in [4.69, 9.17) is 4.42 Å². The zero-order valence-corrected chi connectivity index (χ0v) is 16.0. The second-order valence-corrected chi connectivity index (χ2v) is 8.54. The third-order valence-electron chi connectivity index (χ3n) is 5.30. The average molecular weight is 375 g/mol. The van der Waals surface area contributed by atoms with E-state index in [1.54, 1.807) is 6.26 Å². The SMILES string of the molecule is CC1CCC(NC(=O)CSc2nnc(C3CC3)n2Cc2ccco2)CC1. The predicted octanol–water partition coefficient (Wildman–Crippen LogP) is 3.58. The van der Waals surface area contributed by atoms with Crippen molar-refractivity contribution in [3.8, 4) is 0 Å². The first-order valence-electron chi connectivity index (χ1n) is 9.56. The molecule has 2 saturated carbocycles. The van der Waals surface area contributed by atoms with E-state index in [-0.39, 0.29) is 5.91 Å². The number of hydrogen-bond acceptors (Lipinski definition) is 5. The summed E-state index contributed by atoms with van der Waals surface area (Å²) in [5.41, 5.74) is 0. The van der Waals surface area contributed by atoms with Crippen molar-refractivity contribution in [3.63, 3.8) is 0 Å². The van der Waals surface area contributed by atoms with Crippen LogP contribution in [0.1, 0.15) is 63.0 Å². The van der Waals surface area contributed by atoms with E-state index in [0.29, 0.717) is 24.3 Å². The fourth-order valence-electron chi connectivity index (χ4n) is 3.56. The lowest BCUT2D eigenvalue weighted by atomic mass is 9.87. The summed E-state index contributed by atoms with van der Waals surface area (Å²) in [6, 6.07) is 4.19. The Kier molecular flexibility index (Phi) is 5.33. The van der Waals surface area contributed by atoms with Gasteiger partial charge in [-0.05, 0) is 56.6 Å². The van der Waals surface area contributed by atoms with Crippen LogP contribution in [0.4, 0.5) is 0 Å². The molecule has 1 N–H and O–H groups in total. The third kappa shape index (κ3) is 4.31. The van der Waals surface area contributed by atoms with E-state index >= 15 is 0 Å². The molecule has 0 radical (unpaired) electrons. The second-order valence-electron chi connectivity index (χ2n) is 7.59. The highest BCUT2D eigenvalue weighted by atomic mass is 32.2. The first kappa shape index (κ1) is 17.6. The fraction of sp³-hybridized carbons (Fsp3) is 0.632. The normalized spacial score (nSPS) is 23.1. The molecule has 2 aliphatic carbocycles. The molecule has 0 aromatic carbocycles. The Balaban J connectivity index is 1.36. The highest BCUT2D eigenvalue weighted by molar-refractivity contribution is 7.99. The quantitative estimate of drug-likeness (QED) is 0.750. The Morgan fingerprint density at radius 1 is 1.27 bits per heavy atom. The molecule has 2 fully saturated rings. The van der Waals surface area contributed by atoms with Crippen LogP contribution < -0.4 is 5.32 Å². The van der Waals surface area contributed by atoms with Crippen LogP contribution in [0, 0.1) is 5.92 Å². The molecule has 7 heteroatoms. The van der Waals surface area contributed by atoms with E-state index in [9.17, 15) is 4.79 Å². The molecular weight excluding hydrogens is 348 g/mol. The van der Waals surface area contributed by atoms with Crippen LogP contribution in [0.25, 0.3) is 0 Å². The van der Waals surface area contributed by atoms with Crippen LogP contribution in [0.15, 0.2) is 28.0 Å². The summed E-state index contributed by atoms with van der Waals surface area (Å²) in [7, 11) is 0. The summed E-state index contributed by atoms with van der Waals surface area (Å²) in [6.07, 6.45) is 8.63. The van der Waals surface area contributed by atoms with Crippen LogP contribution in [-0.2, 0) is 11.3 Å². The average Bonchev–Trinajstić information content (AvgIpc) is 3.20. The minimum atomic E-state index is 0.0927. The van der Waals surface area contributed by atoms with Gasteiger partial charge in [0, 0.05) is 12.0 Å². The Hall–Kier alpha value is -1.76. The Morgan fingerprint density at radius 3 is 2.77 bits per heavy atom. The molecule has 2 heterocycles. The van der Waals surface area contributed by atoms with Gasteiger partial charge in [0.15, 0.2) is 5.16 Å². The number of nitrogens with zero attached hydrogens (tertiary/aromatic N) is 3. The zero-order chi connectivity index (χ0) is 17.9. The van der Waals surface area contributed by atoms with Crippen molar-refractivity contribution in [2.24, 2.45) is 5.92 Å². The molecule has 0 spiro atoms. The van der Waals surface area contributed by atoms with Crippen molar-refractivity contribution >= 4 is 17.7 Å². The van der Waals surface area contributed by atoms with E-state index < -0.39 is 0 Å². The van der Waals surface area contributed by atoms with Crippen molar-refractivity contribution < 1.29 is 9.21 Å². The largest absolute Gasteiger partial charge is 0.467 e. The summed E-state index contributed by atoms with van der Waals surface area (Å²) < 4.78 is 7.59. The number of amides is 1. The standard InChI is InChI=1S/C19H26N4O2S/c1-13-4-8-15(9-5-13)20-17(24)12-26-19-22-21-18(14-6-7-14)23(19)11-16-3-2-10-25-16/h2-3,10,13-15H,4-9,11-12H2,1H3,(H,20,24). The number of carbonyl (C=O) groups excluding carboxylic acids is 1. The first-order valence-corrected chi connectivity index (χ1v) is 10.5. The molecule has 4 rings (SSSR count). The van der Waals surface area contributed by atoms with Crippen molar-refractivity contribution in [1.29, 1.82) is 0 Å². The Morgan fingerprint density at radius 2 is 2.08 bits per heavy atom. The Labute approximate surface area is 158 Å². The van der Waals surface area contributed by atoms with Crippen LogP contribution >= 0.6 is 11.8 Å². The van der Waals surface area contributed by atoms with Gasteiger partial charge in [0.1, 0.15) is 11.6 Å². The number of rotatable bonds is 7. The number of nitrogens with one attached hydrogen (secondary N) is 1. The fourth-order valence-corrected chi connectivity index (χ4v) is 4.32. The second kappa shape index (κ2) is 7.86. The van der Waals surface area contributed by atoms with Gasteiger partial charge in [0.05, 0.1) is 18.6 Å². The summed E-state index contributed by atoms with van der Waals surface area (Å²) in [4.78, 5) is 12.3. The number of thioether (sulfide) groups is 1. The molecule has 0 aliphatic heterocycles. The van der Waals surface area contributed by atoms with Gasteiger partial charge in [0.25, 0.3) is 0 Å². The lowest BCUT2D eigenvalue weighted by Gasteiger charge is -2.26. The number of aromatic nitrogens is 3. The van der Waals surface area contributed by atoms with Crippen LogP contribution in [-0.4, -0.2) is 32.5 Å². The van der Waals surface area contributed by atoms with Crippen molar-refractivity contribution in [2.45, 2.75) is 69.1 Å². The van der Waals surface area contributed by atoms with E-state index in [1.807, 2.05) is 12.1 Å². The van der Waals surface area contributed by atoms with Gasteiger partial charge < -0.3 is 9.73 Å². The van der Waals surface area contributed by atoms with Crippen LogP contribution in [0.2, 0.25) is 0 Å². The monoisotopic (exact) mass is 374 g/mol. The topological polar surface area (TPSA) is 73.0 Å². The molecule has 2 aromatic heterocycles. The van der Waals surface area contributed by atoms with Crippen LogP contribution in [0.3, 0.4) is 0 Å². The predicted molar refractivity (Wildman–Crippen MR) is 100 cm³/mol. The van der Waals surface area contributed by atoms with E-state index in [1.165, 1.54) is 37.4 Å². The maximum atomic E-state index is 12.3. The first-order chi connectivity index (χ1) is 12.7. The molecule has 0 atom stereocenters. The molecule has 2 aliphatic rings. The maximum absolute atomic E-state index is 12.3. The summed E-state index contributed by atoms with van der Waals surface area (Å²) in [6.45, 7) is 2.91. The van der Waals surface area contributed by atoms with Gasteiger partial charge in [-0.25, -0.2) is 0 Å². The summed E-state index contributed by atoms with van der Waals surface area (Å²) >= 11 is 1.47. The molecule has 0 bridgehead atoms. The van der Waals surface area contributed by atoms with Crippen molar-refractivity contribution in [3.05, 3.63) is 30.0 Å². The smallest absolute Gasteiger partial charge is 0.230 e. The van der Waals surface area contributed by atoms with Gasteiger partial charge >= 0.3 is 0 Å². The maximum Gasteiger partial charge on any atom is 0.230 e. The molecule has 2 aromatic rings. The molecule has 140 valence electrons. The number of carbonyl (C=O) groups is 1. The van der Waals surface area contributed by atoms with Gasteiger partial charge in [0.2, 0.25) is 5.91 Å². The van der Waals surface area contributed by atoms with Crippen molar-refractivity contribution in [1.82, 2.24) is 20.1 Å². The molecule has 1 amide bonds. The number of furan rings is 1. The van der Waals surface area contributed by atoms with E-state index in [0.717, 1.165) is 35.5 Å². The highest BCUT2D eigenvalue weighted by Crippen LogP contribution is 2.40. The molecule has 0 unspecified atom stereocenters. The zero-order valence-electron chi connectivity index (χ0n) is 15.2. The van der Waals surface area contributed by atoms with Crippen LogP contribution in [0.5, 0.6) is 0 Å². The van der Waals surface area contributed by atoms with E-state index in [2.05, 4.69) is 27.0 Å². The third-order valence-corrected chi connectivity index (χ3v) is 6.26. The lowest BCUT2D eigenvalue weighted by Crippen LogP contribution is -2.38. The summed E-state index contributed by atoms with van der Waals surface area (Å²) in [5, 5.41) is 12.7. The molecule has 26 heavy (non-hydrogen) atoms. The molecule has 0 saturated heterocycles. The van der Waals surface area contributed by atoms with Crippen molar-refractivity contribution in [2.75, 3.05) is 5.75 Å². The highest BCUT2D eigenvalue weighted by Gasteiger charge is 2.31. The molecular formula is C19H26N4O2S. The minimum Gasteiger partial charge on any atom is -0.467 e. The Bertz CT molecular complexity index is 731. The van der Waals surface area contributed by atoms with Gasteiger partial charge in [-0.3, -0.25) is 9.36 Å². The van der Waals surface area contributed by atoms with Gasteiger partial charge in [-0.15, -0.1) is 10.2 Å². The van der Waals surface area contributed by atoms with Gasteiger partial charge in [-0.1, -0.05) is 18.7 Å². The molecule has 6 nitrogen and oxygen atoms in total. The van der Waals surface area contributed by atoms with Gasteiger partial charge in [-0.2, -0.15) is 0 Å². The lowest BCUT2D eigenvalue weighted by molar-refractivity contribution is -0.119.